The van der Waals surface area contributed by atoms with Crippen molar-refractivity contribution in [3.8, 4) is 0 Å². The van der Waals surface area contributed by atoms with Gasteiger partial charge in [0.2, 0.25) is 0 Å². The van der Waals surface area contributed by atoms with Crippen LogP contribution in [0.25, 0.3) is 0 Å². The summed E-state index contributed by atoms with van der Waals surface area (Å²) in [7, 11) is 12.4. The first-order valence-corrected chi connectivity index (χ1v) is 10.2. The van der Waals surface area contributed by atoms with Crippen molar-refractivity contribution in [1.82, 2.24) is 14.7 Å². The summed E-state index contributed by atoms with van der Waals surface area (Å²) >= 11 is 0. The van der Waals surface area contributed by atoms with E-state index >= 15 is 0 Å². The Morgan fingerprint density at radius 2 is 0.774 bits per heavy atom. The van der Waals surface area contributed by atoms with E-state index in [1.54, 1.807) is 0 Å². The van der Waals surface area contributed by atoms with E-state index in [2.05, 4.69) is 93.4 Å². The Kier molecular flexibility index (Phi) is 16.6. The normalized spacial score (nSPS) is 9.97. The van der Waals surface area contributed by atoms with Crippen LogP contribution in [0, 0.1) is 18.2 Å². The Balaban J connectivity index is 0.000000429. The maximum atomic E-state index is 3.04. The SMILES string of the molecule is CN(C)Cc1c[c-]ccc1.CN(C)Cc1c[c-]ccc1.CN(C)Cc1c[c-]ccc1.[Cr+3]. The zero-order valence-electron chi connectivity index (χ0n) is 19.8. The Bertz CT molecular complexity index is 652. The Hall–Kier alpha value is -1.93. The number of hydrogen-bond acceptors (Lipinski definition) is 3. The first-order chi connectivity index (χ1) is 14.4. The summed E-state index contributed by atoms with van der Waals surface area (Å²) in [4.78, 5) is 6.43. The first kappa shape index (κ1) is 29.1. The molecule has 4 heteroatoms. The zero-order valence-corrected chi connectivity index (χ0v) is 21.1. The van der Waals surface area contributed by atoms with Gasteiger partial charge in [0.05, 0.1) is 0 Å². The Labute approximate surface area is 201 Å². The van der Waals surface area contributed by atoms with Crippen LogP contribution in [-0.2, 0) is 37.0 Å². The average molecular weight is 455 g/mol. The van der Waals surface area contributed by atoms with Crippen LogP contribution < -0.4 is 0 Å². The summed E-state index contributed by atoms with van der Waals surface area (Å²) in [5.74, 6) is 0. The van der Waals surface area contributed by atoms with Crippen LogP contribution in [0.3, 0.4) is 0 Å². The molecule has 1 radical (unpaired) electrons. The van der Waals surface area contributed by atoms with Gasteiger partial charge in [0.15, 0.2) is 0 Å². The fourth-order valence-electron chi connectivity index (χ4n) is 2.68. The molecule has 3 rings (SSSR count). The van der Waals surface area contributed by atoms with Crippen LogP contribution in [0.2, 0.25) is 0 Å². The van der Waals surface area contributed by atoms with Gasteiger partial charge in [-0.1, -0.05) is 0 Å². The molecule has 0 amide bonds. The monoisotopic (exact) mass is 454 g/mol. The van der Waals surface area contributed by atoms with Crippen molar-refractivity contribution in [3.05, 3.63) is 108 Å². The van der Waals surface area contributed by atoms with E-state index in [1.165, 1.54) is 16.7 Å². The minimum Gasteiger partial charge on any atom is -0.316 e. The van der Waals surface area contributed by atoms with Crippen LogP contribution >= 0.6 is 0 Å². The number of hydrogen-bond donors (Lipinski definition) is 0. The second-order valence-electron chi connectivity index (χ2n) is 7.95. The molecule has 0 bridgehead atoms. The van der Waals surface area contributed by atoms with Crippen molar-refractivity contribution < 1.29 is 17.4 Å². The van der Waals surface area contributed by atoms with E-state index in [1.807, 2.05) is 54.6 Å². The number of benzene rings is 3. The van der Waals surface area contributed by atoms with Crippen LogP contribution in [0.1, 0.15) is 16.7 Å². The Morgan fingerprint density at radius 1 is 0.516 bits per heavy atom. The van der Waals surface area contributed by atoms with E-state index in [0.29, 0.717) is 0 Å². The minimum atomic E-state index is 0. The molecule has 3 aromatic carbocycles. The quantitative estimate of drug-likeness (QED) is 0.503. The summed E-state index contributed by atoms with van der Waals surface area (Å²) in [5, 5.41) is 0. The molecule has 0 fully saturated rings. The second-order valence-corrected chi connectivity index (χ2v) is 7.95. The van der Waals surface area contributed by atoms with Crippen molar-refractivity contribution in [2.75, 3.05) is 42.3 Å². The summed E-state index contributed by atoms with van der Waals surface area (Å²) in [6, 6.07) is 33.3. The molecule has 0 aliphatic rings. The topological polar surface area (TPSA) is 9.72 Å². The van der Waals surface area contributed by atoms with Crippen molar-refractivity contribution >= 4 is 0 Å². The predicted molar refractivity (Wildman–Crippen MR) is 128 cm³/mol. The second kappa shape index (κ2) is 17.7. The molecule has 3 aromatic rings. The molecule has 0 spiro atoms. The Morgan fingerprint density at radius 3 is 0.935 bits per heavy atom. The molecule has 0 N–H and O–H groups in total. The summed E-state index contributed by atoms with van der Waals surface area (Å²) in [6.45, 7) is 2.99. The van der Waals surface area contributed by atoms with Gasteiger partial charge >= 0.3 is 17.4 Å². The van der Waals surface area contributed by atoms with Gasteiger partial charge in [0, 0.05) is 0 Å². The van der Waals surface area contributed by atoms with Crippen LogP contribution in [0.4, 0.5) is 0 Å². The zero-order chi connectivity index (χ0) is 22.2. The molecule has 0 atom stereocenters. The fraction of sp³-hybridized carbons (Fsp3) is 0.333. The molecule has 0 saturated carbocycles. The molecular weight excluding hydrogens is 418 g/mol. The van der Waals surface area contributed by atoms with Gasteiger partial charge in [0.1, 0.15) is 0 Å². The van der Waals surface area contributed by atoms with Gasteiger partial charge in [-0.3, -0.25) is 0 Å². The van der Waals surface area contributed by atoms with Gasteiger partial charge in [-0.2, -0.15) is 91.0 Å². The van der Waals surface area contributed by atoms with Gasteiger partial charge in [-0.05, 0) is 61.9 Å². The molecule has 0 aromatic heterocycles. The predicted octanol–water partition coefficient (Wildman–Crippen LogP) is 4.64. The third kappa shape index (κ3) is 16.4. The molecule has 0 saturated heterocycles. The molecule has 31 heavy (non-hydrogen) atoms. The van der Waals surface area contributed by atoms with Crippen molar-refractivity contribution in [3.63, 3.8) is 0 Å². The van der Waals surface area contributed by atoms with Gasteiger partial charge in [-0.15, -0.1) is 16.7 Å². The average Bonchev–Trinajstić information content (AvgIpc) is 2.70. The van der Waals surface area contributed by atoms with Crippen molar-refractivity contribution in [2.45, 2.75) is 19.6 Å². The maximum absolute atomic E-state index is 3.04. The van der Waals surface area contributed by atoms with E-state index in [0.717, 1.165) is 19.6 Å². The first-order valence-electron chi connectivity index (χ1n) is 10.2. The van der Waals surface area contributed by atoms with Gasteiger partial charge < -0.3 is 14.7 Å². The molecular formula is C27H36CrN3. The van der Waals surface area contributed by atoms with Crippen LogP contribution in [-0.4, -0.2) is 57.0 Å². The maximum Gasteiger partial charge on any atom is 3.00 e. The molecule has 0 aliphatic carbocycles. The smallest absolute Gasteiger partial charge is 0.316 e. The van der Waals surface area contributed by atoms with Crippen molar-refractivity contribution in [1.29, 1.82) is 0 Å². The molecule has 165 valence electrons. The molecule has 0 aliphatic heterocycles. The van der Waals surface area contributed by atoms with E-state index in [4.69, 9.17) is 0 Å². The largest absolute Gasteiger partial charge is 3.00 e. The van der Waals surface area contributed by atoms with E-state index in [9.17, 15) is 0 Å². The third-order valence-corrected chi connectivity index (χ3v) is 3.81. The standard InChI is InChI=1S/3C9H12N.Cr/c3*1-10(2)8-9-6-4-3-5-7-9;/h3*3-4,6-7H,8H2,1-2H3;/q3*-1;+3. The molecule has 0 unspecified atom stereocenters. The molecule has 3 nitrogen and oxygen atoms in total. The minimum absolute atomic E-state index is 0. The fourth-order valence-corrected chi connectivity index (χ4v) is 2.68. The van der Waals surface area contributed by atoms with Crippen LogP contribution in [0.5, 0.6) is 0 Å². The van der Waals surface area contributed by atoms with Crippen molar-refractivity contribution in [2.24, 2.45) is 0 Å². The van der Waals surface area contributed by atoms with Gasteiger partial charge in [0.25, 0.3) is 0 Å². The van der Waals surface area contributed by atoms with Gasteiger partial charge in [-0.25, -0.2) is 0 Å². The van der Waals surface area contributed by atoms with E-state index < -0.39 is 0 Å². The number of rotatable bonds is 6. The van der Waals surface area contributed by atoms with E-state index in [-0.39, 0.29) is 17.4 Å². The third-order valence-electron chi connectivity index (χ3n) is 3.81. The summed E-state index contributed by atoms with van der Waals surface area (Å²) in [6.07, 6.45) is 0. The molecule has 0 heterocycles. The summed E-state index contributed by atoms with van der Waals surface area (Å²) < 4.78 is 0. The van der Waals surface area contributed by atoms with Crippen LogP contribution in [0.15, 0.2) is 72.8 Å². The number of nitrogens with zero attached hydrogens (tertiary/aromatic N) is 3. The summed E-state index contributed by atoms with van der Waals surface area (Å²) in [5.41, 5.74) is 3.94.